The summed E-state index contributed by atoms with van der Waals surface area (Å²) < 4.78 is 1.66. The Morgan fingerprint density at radius 2 is 1.95 bits per heavy atom. The molecule has 0 fully saturated rings. The van der Waals surface area contributed by atoms with Crippen molar-refractivity contribution in [3.8, 4) is 0 Å². The van der Waals surface area contributed by atoms with Gasteiger partial charge in [-0.15, -0.1) is 0 Å². The van der Waals surface area contributed by atoms with Crippen LogP contribution in [0.3, 0.4) is 0 Å². The highest BCUT2D eigenvalue weighted by Crippen LogP contribution is 2.25. The van der Waals surface area contributed by atoms with Gasteiger partial charge in [-0.3, -0.25) is 9.48 Å². The van der Waals surface area contributed by atoms with E-state index in [9.17, 15) is 4.79 Å². The van der Waals surface area contributed by atoms with E-state index in [0.717, 1.165) is 24.2 Å². The maximum atomic E-state index is 12.4. The standard InChI is InChI=1S/C18H25N3O/c1-13-15(12-21(5)20-13)17(22)19-16-9-7-6-8-14(16)10-11-18(2,3)4/h6-9,12H,10-11H2,1-5H3,(H,19,22). The van der Waals surface area contributed by atoms with Crippen LogP contribution >= 0.6 is 0 Å². The summed E-state index contributed by atoms with van der Waals surface area (Å²) in [6, 6.07) is 8.01. The molecule has 1 heterocycles. The van der Waals surface area contributed by atoms with Crippen molar-refractivity contribution in [3.63, 3.8) is 0 Å². The minimum Gasteiger partial charge on any atom is -0.322 e. The molecule has 0 bridgehead atoms. The molecule has 1 aromatic heterocycles. The lowest BCUT2D eigenvalue weighted by molar-refractivity contribution is 0.102. The lowest BCUT2D eigenvalue weighted by Gasteiger charge is -2.19. The van der Waals surface area contributed by atoms with Crippen molar-refractivity contribution < 1.29 is 4.79 Å². The van der Waals surface area contributed by atoms with Crippen LogP contribution in [0, 0.1) is 12.3 Å². The van der Waals surface area contributed by atoms with E-state index >= 15 is 0 Å². The van der Waals surface area contributed by atoms with Crippen LogP contribution in [0.25, 0.3) is 0 Å². The van der Waals surface area contributed by atoms with Crippen LogP contribution in [0.2, 0.25) is 0 Å². The zero-order valence-corrected chi connectivity index (χ0v) is 14.1. The van der Waals surface area contributed by atoms with Gasteiger partial charge < -0.3 is 5.32 Å². The molecule has 4 heteroatoms. The van der Waals surface area contributed by atoms with E-state index < -0.39 is 0 Å². The molecule has 118 valence electrons. The molecule has 0 saturated carbocycles. The number of nitrogens with zero attached hydrogens (tertiary/aromatic N) is 2. The van der Waals surface area contributed by atoms with E-state index in [0.29, 0.717) is 5.56 Å². The van der Waals surface area contributed by atoms with Crippen LogP contribution in [-0.2, 0) is 13.5 Å². The molecule has 0 spiro atoms. The fourth-order valence-corrected chi connectivity index (χ4v) is 2.38. The Morgan fingerprint density at radius 1 is 1.27 bits per heavy atom. The van der Waals surface area contributed by atoms with Gasteiger partial charge in [0.05, 0.1) is 11.3 Å². The molecule has 1 aromatic carbocycles. The van der Waals surface area contributed by atoms with Gasteiger partial charge in [-0.25, -0.2) is 0 Å². The first-order chi connectivity index (χ1) is 10.3. The molecule has 0 aliphatic carbocycles. The van der Waals surface area contributed by atoms with Crippen LogP contribution in [0.1, 0.15) is 48.8 Å². The first-order valence-corrected chi connectivity index (χ1v) is 7.66. The molecule has 0 atom stereocenters. The van der Waals surface area contributed by atoms with Crippen LogP contribution < -0.4 is 5.32 Å². The molecule has 2 rings (SSSR count). The van der Waals surface area contributed by atoms with Crippen molar-refractivity contribution in [2.75, 3.05) is 5.32 Å². The number of carbonyl (C=O) groups excluding carboxylic acids is 1. The highest BCUT2D eigenvalue weighted by Gasteiger charge is 2.15. The number of aryl methyl sites for hydroxylation is 3. The van der Waals surface area contributed by atoms with Crippen LogP contribution in [0.15, 0.2) is 30.5 Å². The molecule has 4 nitrogen and oxygen atoms in total. The Balaban J connectivity index is 2.16. The number of nitrogens with one attached hydrogen (secondary N) is 1. The second-order valence-corrected chi connectivity index (χ2v) is 6.97. The van der Waals surface area contributed by atoms with Crippen molar-refractivity contribution in [1.29, 1.82) is 0 Å². The van der Waals surface area contributed by atoms with Gasteiger partial charge in [0, 0.05) is 18.9 Å². The number of hydrogen-bond acceptors (Lipinski definition) is 2. The van der Waals surface area contributed by atoms with Crippen molar-refractivity contribution in [1.82, 2.24) is 9.78 Å². The third kappa shape index (κ3) is 4.20. The molecular formula is C18H25N3O. The monoisotopic (exact) mass is 299 g/mol. The van der Waals surface area contributed by atoms with Gasteiger partial charge in [0.15, 0.2) is 0 Å². The second-order valence-electron chi connectivity index (χ2n) is 6.97. The van der Waals surface area contributed by atoms with Gasteiger partial charge in [-0.05, 0) is 36.8 Å². The second kappa shape index (κ2) is 6.34. The maximum absolute atomic E-state index is 12.4. The summed E-state index contributed by atoms with van der Waals surface area (Å²) in [5.41, 5.74) is 3.70. The third-order valence-corrected chi connectivity index (χ3v) is 3.67. The Morgan fingerprint density at radius 3 is 2.55 bits per heavy atom. The summed E-state index contributed by atoms with van der Waals surface area (Å²) in [6.07, 6.45) is 3.78. The molecule has 2 aromatic rings. The Bertz CT molecular complexity index is 665. The number of para-hydroxylation sites is 1. The lowest BCUT2D eigenvalue weighted by atomic mass is 9.88. The van der Waals surface area contributed by atoms with E-state index in [1.54, 1.807) is 10.9 Å². The molecule has 0 aliphatic heterocycles. The summed E-state index contributed by atoms with van der Waals surface area (Å²) in [4.78, 5) is 12.4. The summed E-state index contributed by atoms with van der Waals surface area (Å²) in [5.74, 6) is -0.103. The van der Waals surface area contributed by atoms with E-state index in [4.69, 9.17) is 0 Å². The molecule has 0 aliphatic rings. The average molecular weight is 299 g/mol. The first-order valence-electron chi connectivity index (χ1n) is 7.66. The highest BCUT2D eigenvalue weighted by molar-refractivity contribution is 6.05. The van der Waals surface area contributed by atoms with Gasteiger partial charge in [-0.2, -0.15) is 5.10 Å². The van der Waals surface area contributed by atoms with E-state index in [-0.39, 0.29) is 11.3 Å². The molecule has 1 amide bonds. The van der Waals surface area contributed by atoms with Crippen LogP contribution in [0.4, 0.5) is 5.69 Å². The molecular weight excluding hydrogens is 274 g/mol. The lowest BCUT2D eigenvalue weighted by Crippen LogP contribution is -2.14. The van der Waals surface area contributed by atoms with E-state index in [1.165, 1.54) is 5.56 Å². The Kier molecular flexibility index (Phi) is 4.69. The highest BCUT2D eigenvalue weighted by atomic mass is 16.1. The van der Waals surface area contributed by atoms with Crippen molar-refractivity contribution in [2.24, 2.45) is 12.5 Å². The van der Waals surface area contributed by atoms with Crippen molar-refractivity contribution >= 4 is 11.6 Å². The Labute approximate surface area is 132 Å². The summed E-state index contributed by atoms with van der Waals surface area (Å²) >= 11 is 0. The van der Waals surface area contributed by atoms with Crippen molar-refractivity contribution in [2.45, 2.75) is 40.5 Å². The predicted molar refractivity (Wildman–Crippen MR) is 90.1 cm³/mol. The largest absolute Gasteiger partial charge is 0.322 e. The minimum atomic E-state index is -0.103. The van der Waals surface area contributed by atoms with Gasteiger partial charge in [0.1, 0.15) is 0 Å². The maximum Gasteiger partial charge on any atom is 0.259 e. The predicted octanol–water partition coefficient (Wildman–Crippen LogP) is 3.96. The molecule has 0 saturated heterocycles. The first kappa shape index (κ1) is 16.3. The zero-order valence-electron chi connectivity index (χ0n) is 14.1. The summed E-state index contributed by atoms with van der Waals surface area (Å²) in [6.45, 7) is 8.54. The third-order valence-electron chi connectivity index (χ3n) is 3.67. The van der Waals surface area contributed by atoms with E-state index in [1.807, 2.05) is 32.2 Å². The van der Waals surface area contributed by atoms with Crippen molar-refractivity contribution in [3.05, 3.63) is 47.3 Å². The summed E-state index contributed by atoms with van der Waals surface area (Å²) in [7, 11) is 1.82. The zero-order chi connectivity index (χ0) is 16.3. The SMILES string of the molecule is Cc1nn(C)cc1C(=O)Nc1ccccc1CCC(C)(C)C. The number of anilines is 1. The average Bonchev–Trinajstić information content (AvgIpc) is 2.76. The smallest absolute Gasteiger partial charge is 0.259 e. The number of benzene rings is 1. The van der Waals surface area contributed by atoms with Gasteiger partial charge in [0.25, 0.3) is 5.91 Å². The summed E-state index contributed by atoms with van der Waals surface area (Å²) in [5, 5.41) is 7.25. The van der Waals surface area contributed by atoms with Crippen LogP contribution in [0.5, 0.6) is 0 Å². The van der Waals surface area contributed by atoms with Gasteiger partial charge >= 0.3 is 0 Å². The fourth-order valence-electron chi connectivity index (χ4n) is 2.38. The fraction of sp³-hybridized carbons (Fsp3) is 0.444. The minimum absolute atomic E-state index is 0.103. The number of carbonyl (C=O) groups is 1. The van der Waals surface area contributed by atoms with Crippen LogP contribution in [-0.4, -0.2) is 15.7 Å². The number of rotatable bonds is 4. The Hall–Kier alpha value is -2.10. The van der Waals surface area contributed by atoms with E-state index in [2.05, 4.69) is 37.3 Å². The molecule has 0 unspecified atom stereocenters. The number of aromatic nitrogens is 2. The number of hydrogen-bond donors (Lipinski definition) is 1. The molecule has 0 radical (unpaired) electrons. The molecule has 1 N–H and O–H groups in total. The number of amides is 1. The van der Waals surface area contributed by atoms with Gasteiger partial charge in [0.2, 0.25) is 0 Å². The normalized spacial score (nSPS) is 11.5. The quantitative estimate of drug-likeness (QED) is 0.929. The topological polar surface area (TPSA) is 46.9 Å². The van der Waals surface area contributed by atoms with Gasteiger partial charge in [-0.1, -0.05) is 39.0 Å². The molecule has 22 heavy (non-hydrogen) atoms.